The Hall–Kier alpha value is -0.990. The number of sulfonamides is 1. The van der Waals surface area contributed by atoms with Crippen LogP contribution in [0, 0.1) is 6.92 Å². The minimum Gasteiger partial charge on any atom is -0.338 e. The van der Waals surface area contributed by atoms with E-state index in [-0.39, 0.29) is 0 Å². The highest BCUT2D eigenvalue weighted by Crippen LogP contribution is 2.09. The summed E-state index contributed by atoms with van der Waals surface area (Å²) in [5.74, 6) is 1.20. The van der Waals surface area contributed by atoms with Crippen LogP contribution in [-0.4, -0.2) is 60.2 Å². The molecule has 2 rings (SSSR count). The second-order valence-electron chi connectivity index (χ2n) is 4.17. The van der Waals surface area contributed by atoms with E-state index >= 15 is 0 Å². The van der Waals surface area contributed by atoms with Crippen LogP contribution >= 0.6 is 0 Å². The molecule has 0 unspecified atom stereocenters. The SMILES string of the molecule is Cc1noc(CN2CCN(S(C)(=O)=O)CC2)n1. The van der Waals surface area contributed by atoms with Crippen LogP contribution in [0.4, 0.5) is 0 Å². The highest BCUT2D eigenvalue weighted by Gasteiger charge is 2.24. The van der Waals surface area contributed by atoms with E-state index in [1.54, 1.807) is 6.92 Å². The quantitative estimate of drug-likeness (QED) is 0.726. The largest absolute Gasteiger partial charge is 0.338 e. The van der Waals surface area contributed by atoms with Crippen molar-refractivity contribution in [3.63, 3.8) is 0 Å². The second kappa shape index (κ2) is 4.71. The van der Waals surface area contributed by atoms with Gasteiger partial charge in [0.15, 0.2) is 5.82 Å². The first-order valence-electron chi connectivity index (χ1n) is 5.42. The maximum Gasteiger partial charge on any atom is 0.240 e. The second-order valence-corrected chi connectivity index (χ2v) is 6.16. The van der Waals surface area contributed by atoms with Gasteiger partial charge in [0.1, 0.15) is 0 Å². The van der Waals surface area contributed by atoms with Crippen LogP contribution in [-0.2, 0) is 16.6 Å². The minimum atomic E-state index is -3.06. The van der Waals surface area contributed by atoms with Gasteiger partial charge in [-0.2, -0.15) is 9.29 Å². The summed E-state index contributed by atoms with van der Waals surface area (Å²) in [6.45, 7) is 4.77. The number of piperazine rings is 1. The molecule has 7 nitrogen and oxygen atoms in total. The van der Waals surface area contributed by atoms with Gasteiger partial charge in [0, 0.05) is 26.2 Å². The Kier molecular flexibility index (Phi) is 3.45. The van der Waals surface area contributed by atoms with E-state index in [1.165, 1.54) is 10.6 Å². The number of nitrogens with zero attached hydrogens (tertiary/aromatic N) is 4. The Labute approximate surface area is 100 Å². The first-order chi connectivity index (χ1) is 7.95. The van der Waals surface area contributed by atoms with Crippen molar-refractivity contribution in [1.29, 1.82) is 0 Å². The van der Waals surface area contributed by atoms with E-state index in [1.807, 2.05) is 0 Å². The number of aryl methyl sites for hydroxylation is 1. The summed E-state index contributed by atoms with van der Waals surface area (Å²) >= 11 is 0. The molecule has 1 saturated heterocycles. The molecule has 0 radical (unpaired) electrons. The maximum atomic E-state index is 11.3. The first kappa shape index (κ1) is 12.5. The Balaban J connectivity index is 1.87. The zero-order valence-electron chi connectivity index (χ0n) is 9.96. The number of aromatic nitrogens is 2. The molecule has 1 aromatic rings. The van der Waals surface area contributed by atoms with E-state index in [4.69, 9.17) is 4.52 Å². The van der Waals surface area contributed by atoms with Crippen LogP contribution in [0.5, 0.6) is 0 Å². The molecule has 1 aliphatic heterocycles. The first-order valence-corrected chi connectivity index (χ1v) is 7.26. The van der Waals surface area contributed by atoms with Crippen molar-refractivity contribution in [2.75, 3.05) is 32.4 Å². The van der Waals surface area contributed by atoms with Crippen molar-refractivity contribution in [2.24, 2.45) is 0 Å². The third-order valence-electron chi connectivity index (χ3n) is 2.73. The summed E-state index contributed by atoms with van der Waals surface area (Å²) in [5.41, 5.74) is 0. The van der Waals surface area contributed by atoms with Crippen LogP contribution in [0.3, 0.4) is 0 Å². The summed E-state index contributed by atoms with van der Waals surface area (Å²) in [6, 6.07) is 0. The highest BCUT2D eigenvalue weighted by molar-refractivity contribution is 7.88. The predicted octanol–water partition coefficient (Wildman–Crippen LogP) is -0.545. The molecule has 0 bridgehead atoms. The normalized spacial score (nSPS) is 19.6. The molecule has 0 aliphatic carbocycles. The van der Waals surface area contributed by atoms with Crippen LogP contribution in [0.2, 0.25) is 0 Å². The van der Waals surface area contributed by atoms with Crippen molar-refractivity contribution in [1.82, 2.24) is 19.3 Å². The number of hydrogen-bond donors (Lipinski definition) is 0. The van der Waals surface area contributed by atoms with Crippen LogP contribution < -0.4 is 0 Å². The zero-order chi connectivity index (χ0) is 12.5. The average molecular weight is 260 g/mol. The van der Waals surface area contributed by atoms with Crippen molar-refractivity contribution in [2.45, 2.75) is 13.5 Å². The van der Waals surface area contributed by atoms with Crippen molar-refractivity contribution >= 4 is 10.0 Å². The molecule has 0 spiro atoms. The third-order valence-corrected chi connectivity index (χ3v) is 4.03. The summed E-state index contributed by atoms with van der Waals surface area (Å²) in [5, 5.41) is 3.72. The van der Waals surface area contributed by atoms with E-state index in [0.717, 1.165) is 0 Å². The molecule has 0 atom stereocenters. The third kappa shape index (κ3) is 3.24. The fraction of sp³-hybridized carbons (Fsp3) is 0.778. The smallest absolute Gasteiger partial charge is 0.240 e. The monoisotopic (exact) mass is 260 g/mol. The van der Waals surface area contributed by atoms with Crippen LogP contribution in [0.1, 0.15) is 11.7 Å². The fourth-order valence-electron chi connectivity index (χ4n) is 1.81. The standard InChI is InChI=1S/C9H16N4O3S/c1-8-10-9(16-11-8)7-12-3-5-13(6-4-12)17(2,14)15/h3-7H2,1-2H3. The van der Waals surface area contributed by atoms with Gasteiger partial charge in [-0.15, -0.1) is 0 Å². The molecule has 17 heavy (non-hydrogen) atoms. The topological polar surface area (TPSA) is 79.5 Å². The molecule has 2 heterocycles. The summed E-state index contributed by atoms with van der Waals surface area (Å²) < 4.78 is 29.2. The lowest BCUT2D eigenvalue weighted by atomic mass is 10.3. The Morgan fingerprint density at radius 2 is 1.94 bits per heavy atom. The zero-order valence-corrected chi connectivity index (χ0v) is 10.8. The van der Waals surface area contributed by atoms with Gasteiger partial charge in [0.25, 0.3) is 0 Å². The minimum absolute atomic E-state index is 0.520. The van der Waals surface area contributed by atoms with Crippen LogP contribution in [0.25, 0.3) is 0 Å². The van der Waals surface area contributed by atoms with Crippen molar-refractivity contribution < 1.29 is 12.9 Å². The Morgan fingerprint density at radius 1 is 1.29 bits per heavy atom. The van der Waals surface area contributed by atoms with Gasteiger partial charge in [-0.05, 0) is 6.92 Å². The molecule has 0 N–H and O–H groups in total. The van der Waals surface area contributed by atoms with Gasteiger partial charge in [-0.1, -0.05) is 5.16 Å². The molecule has 0 aromatic carbocycles. The van der Waals surface area contributed by atoms with Gasteiger partial charge in [0.2, 0.25) is 15.9 Å². The van der Waals surface area contributed by atoms with E-state index < -0.39 is 10.0 Å². The van der Waals surface area contributed by atoms with Crippen molar-refractivity contribution in [3.05, 3.63) is 11.7 Å². The van der Waals surface area contributed by atoms with Gasteiger partial charge in [-0.3, -0.25) is 4.90 Å². The predicted molar refractivity (Wildman–Crippen MR) is 60.7 cm³/mol. The van der Waals surface area contributed by atoms with Crippen LogP contribution in [0.15, 0.2) is 4.52 Å². The summed E-state index contributed by atoms with van der Waals surface area (Å²) in [4.78, 5) is 6.23. The maximum absolute atomic E-state index is 11.3. The average Bonchev–Trinajstić information content (AvgIpc) is 2.63. The van der Waals surface area contributed by atoms with Gasteiger partial charge in [0.05, 0.1) is 12.8 Å². The van der Waals surface area contributed by atoms with Crippen molar-refractivity contribution in [3.8, 4) is 0 Å². The molecule has 1 fully saturated rings. The molecule has 96 valence electrons. The summed E-state index contributed by atoms with van der Waals surface area (Å²) in [7, 11) is -3.06. The molecule has 1 aromatic heterocycles. The lowest BCUT2D eigenvalue weighted by Gasteiger charge is -2.32. The number of rotatable bonds is 3. The van der Waals surface area contributed by atoms with E-state index in [2.05, 4.69) is 15.0 Å². The molecule has 8 heteroatoms. The molecule has 1 aliphatic rings. The number of hydrogen-bond acceptors (Lipinski definition) is 6. The Bertz CT molecular complexity index is 476. The lowest BCUT2D eigenvalue weighted by molar-refractivity contribution is 0.164. The molecular formula is C9H16N4O3S. The van der Waals surface area contributed by atoms with Gasteiger partial charge >= 0.3 is 0 Å². The van der Waals surface area contributed by atoms with E-state index in [9.17, 15) is 8.42 Å². The highest BCUT2D eigenvalue weighted by atomic mass is 32.2. The molecule has 0 amide bonds. The summed E-state index contributed by atoms with van der Waals surface area (Å²) in [6.07, 6.45) is 1.24. The fourth-order valence-corrected chi connectivity index (χ4v) is 2.64. The van der Waals surface area contributed by atoms with Gasteiger partial charge < -0.3 is 4.52 Å². The van der Waals surface area contributed by atoms with Gasteiger partial charge in [-0.25, -0.2) is 8.42 Å². The molecular weight excluding hydrogens is 244 g/mol. The van der Waals surface area contributed by atoms with E-state index in [0.29, 0.717) is 44.4 Å². The lowest BCUT2D eigenvalue weighted by Crippen LogP contribution is -2.47. The Morgan fingerprint density at radius 3 is 2.41 bits per heavy atom. The molecule has 0 saturated carbocycles.